The van der Waals surface area contributed by atoms with Crippen molar-refractivity contribution >= 4 is 11.9 Å². The number of nitrogens with two attached hydrogens (primary N) is 1. The highest BCUT2D eigenvalue weighted by atomic mass is 16.5. The van der Waals surface area contributed by atoms with Crippen LogP contribution >= 0.6 is 0 Å². The minimum Gasteiger partial charge on any atom is -0.464 e. The van der Waals surface area contributed by atoms with Crippen LogP contribution in [0.4, 0.5) is 0 Å². The van der Waals surface area contributed by atoms with Crippen LogP contribution in [0.2, 0.25) is 0 Å². The van der Waals surface area contributed by atoms with Crippen LogP contribution in [0.1, 0.15) is 13.3 Å². The summed E-state index contributed by atoms with van der Waals surface area (Å²) in [5.74, 6) is -1.22. The van der Waals surface area contributed by atoms with Crippen LogP contribution in [0.3, 0.4) is 0 Å². The molecule has 1 heterocycles. The number of aromatic nitrogens is 2. The molecule has 0 saturated carbocycles. The van der Waals surface area contributed by atoms with Crippen molar-refractivity contribution in [2.75, 3.05) is 13.2 Å². The minimum atomic E-state index is -1.25. The molecule has 0 bridgehead atoms. The summed E-state index contributed by atoms with van der Waals surface area (Å²) in [6.45, 7) is 3.06. The summed E-state index contributed by atoms with van der Waals surface area (Å²) in [6.07, 6.45) is 5.96. The zero-order chi connectivity index (χ0) is 13.4. The molecular weight excluding hydrogens is 236 g/mol. The maximum absolute atomic E-state index is 11.5. The summed E-state index contributed by atoms with van der Waals surface area (Å²) in [5, 5.41) is 2.59. The Labute approximate surface area is 105 Å². The third-order valence-corrected chi connectivity index (χ3v) is 2.27. The summed E-state index contributed by atoms with van der Waals surface area (Å²) < 4.78 is 6.55. The number of carbonyl (C=O) groups excluding carboxylic acids is 2. The predicted octanol–water partition coefficient (Wildman–Crippen LogP) is -0.720. The van der Waals surface area contributed by atoms with E-state index < -0.39 is 17.9 Å². The molecule has 1 unspecified atom stereocenters. The van der Waals surface area contributed by atoms with Gasteiger partial charge in [0, 0.05) is 25.5 Å². The molecule has 0 fully saturated rings. The van der Waals surface area contributed by atoms with E-state index >= 15 is 0 Å². The van der Waals surface area contributed by atoms with E-state index in [1.807, 2.05) is 10.8 Å². The average Bonchev–Trinajstić information content (AvgIpc) is 2.86. The highest BCUT2D eigenvalue weighted by Gasteiger charge is 2.22. The molecule has 0 aromatic carbocycles. The Morgan fingerprint density at radius 3 is 2.94 bits per heavy atom. The fraction of sp³-hybridized carbons (Fsp3) is 0.545. The molecule has 1 atom stereocenters. The number of imidazole rings is 1. The van der Waals surface area contributed by atoms with Gasteiger partial charge in [0.1, 0.15) is 0 Å². The van der Waals surface area contributed by atoms with Crippen LogP contribution in [0.25, 0.3) is 0 Å². The van der Waals surface area contributed by atoms with Gasteiger partial charge in [-0.25, -0.2) is 9.78 Å². The highest BCUT2D eigenvalue weighted by molar-refractivity contribution is 6.01. The van der Waals surface area contributed by atoms with Gasteiger partial charge >= 0.3 is 5.97 Å². The van der Waals surface area contributed by atoms with Crippen molar-refractivity contribution in [3.63, 3.8) is 0 Å². The maximum Gasteiger partial charge on any atom is 0.332 e. The number of nitrogens with zero attached hydrogens (tertiary/aromatic N) is 2. The molecule has 1 rings (SSSR count). The molecular formula is C11H18N4O3. The lowest BCUT2D eigenvalue weighted by molar-refractivity contribution is -0.147. The molecule has 0 spiro atoms. The molecule has 0 aliphatic carbocycles. The first kappa shape index (κ1) is 14.2. The number of hydrogen-bond acceptors (Lipinski definition) is 5. The molecule has 100 valence electrons. The molecule has 18 heavy (non-hydrogen) atoms. The van der Waals surface area contributed by atoms with Gasteiger partial charge < -0.3 is 20.4 Å². The van der Waals surface area contributed by atoms with Crippen molar-refractivity contribution in [3.8, 4) is 0 Å². The van der Waals surface area contributed by atoms with Crippen LogP contribution in [-0.4, -0.2) is 40.6 Å². The first-order chi connectivity index (χ1) is 8.65. The molecule has 0 aliphatic rings. The first-order valence-electron chi connectivity index (χ1n) is 5.80. The zero-order valence-corrected chi connectivity index (χ0v) is 10.3. The van der Waals surface area contributed by atoms with Crippen molar-refractivity contribution in [2.45, 2.75) is 25.9 Å². The van der Waals surface area contributed by atoms with Crippen molar-refractivity contribution in [1.29, 1.82) is 0 Å². The lowest BCUT2D eigenvalue weighted by atomic mass is 10.3. The molecule has 1 aromatic heterocycles. The molecule has 1 aromatic rings. The third kappa shape index (κ3) is 4.54. The van der Waals surface area contributed by atoms with Crippen molar-refractivity contribution in [2.24, 2.45) is 5.73 Å². The SMILES string of the molecule is CCOC(=O)C(N)C(=O)NCCCn1ccnc1. The zero-order valence-electron chi connectivity index (χ0n) is 10.3. The monoisotopic (exact) mass is 254 g/mol. The fourth-order valence-electron chi connectivity index (χ4n) is 1.34. The van der Waals surface area contributed by atoms with Crippen LogP contribution < -0.4 is 11.1 Å². The molecule has 7 nitrogen and oxygen atoms in total. The number of carbonyl (C=O) groups is 2. The van der Waals surface area contributed by atoms with Gasteiger partial charge in [-0.15, -0.1) is 0 Å². The van der Waals surface area contributed by atoms with Crippen LogP contribution in [0, 0.1) is 0 Å². The van der Waals surface area contributed by atoms with E-state index in [-0.39, 0.29) is 6.61 Å². The van der Waals surface area contributed by atoms with Gasteiger partial charge in [0.05, 0.1) is 12.9 Å². The van der Waals surface area contributed by atoms with Gasteiger partial charge in [0.2, 0.25) is 5.91 Å². The molecule has 0 aliphatic heterocycles. The van der Waals surface area contributed by atoms with E-state index in [0.717, 1.165) is 13.0 Å². The number of hydrogen-bond donors (Lipinski definition) is 2. The Balaban J connectivity index is 2.18. The second-order valence-electron chi connectivity index (χ2n) is 3.67. The summed E-state index contributed by atoms with van der Waals surface area (Å²) in [6, 6.07) is -1.25. The standard InChI is InChI=1S/C11H18N4O3/c1-2-18-11(17)9(12)10(16)14-4-3-6-15-7-5-13-8-15/h5,7-9H,2-4,6,12H2,1H3,(H,14,16). The van der Waals surface area contributed by atoms with Crippen LogP contribution in [-0.2, 0) is 20.9 Å². The minimum absolute atomic E-state index is 0.209. The van der Waals surface area contributed by atoms with Gasteiger partial charge in [-0.3, -0.25) is 4.79 Å². The van der Waals surface area contributed by atoms with Crippen molar-refractivity contribution in [1.82, 2.24) is 14.9 Å². The van der Waals surface area contributed by atoms with Gasteiger partial charge in [-0.05, 0) is 13.3 Å². The number of rotatable bonds is 7. The van der Waals surface area contributed by atoms with Gasteiger partial charge in [-0.1, -0.05) is 0 Å². The van der Waals surface area contributed by atoms with Gasteiger partial charge in [0.25, 0.3) is 0 Å². The van der Waals surface area contributed by atoms with Crippen LogP contribution in [0.15, 0.2) is 18.7 Å². The van der Waals surface area contributed by atoms with Crippen molar-refractivity contribution < 1.29 is 14.3 Å². The smallest absolute Gasteiger partial charge is 0.332 e. The molecule has 0 radical (unpaired) electrons. The lowest BCUT2D eigenvalue weighted by Gasteiger charge is -2.11. The quantitative estimate of drug-likeness (QED) is 0.380. The van der Waals surface area contributed by atoms with Gasteiger partial charge in [-0.2, -0.15) is 0 Å². The van der Waals surface area contributed by atoms with Crippen LogP contribution in [0.5, 0.6) is 0 Å². The van der Waals surface area contributed by atoms with E-state index in [0.29, 0.717) is 6.54 Å². The second kappa shape index (κ2) is 7.44. The summed E-state index contributed by atoms with van der Waals surface area (Å²) in [7, 11) is 0. The molecule has 3 N–H and O–H groups in total. The number of amides is 1. The summed E-state index contributed by atoms with van der Waals surface area (Å²) in [5.41, 5.74) is 5.42. The predicted molar refractivity (Wildman–Crippen MR) is 64.5 cm³/mol. The van der Waals surface area contributed by atoms with E-state index in [1.165, 1.54) is 0 Å². The average molecular weight is 254 g/mol. The van der Waals surface area contributed by atoms with E-state index in [2.05, 4.69) is 15.0 Å². The van der Waals surface area contributed by atoms with E-state index in [1.54, 1.807) is 19.4 Å². The van der Waals surface area contributed by atoms with E-state index in [9.17, 15) is 9.59 Å². The number of aryl methyl sites for hydroxylation is 1. The highest BCUT2D eigenvalue weighted by Crippen LogP contribution is 1.90. The molecule has 1 amide bonds. The Morgan fingerprint density at radius 2 is 2.33 bits per heavy atom. The third-order valence-electron chi connectivity index (χ3n) is 2.27. The molecule has 7 heteroatoms. The largest absolute Gasteiger partial charge is 0.464 e. The lowest BCUT2D eigenvalue weighted by Crippen LogP contribution is -2.47. The molecule has 0 saturated heterocycles. The summed E-state index contributed by atoms with van der Waals surface area (Å²) >= 11 is 0. The Morgan fingerprint density at radius 1 is 1.56 bits per heavy atom. The first-order valence-corrected chi connectivity index (χ1v) is 5.80. The Bertz CT molecular complexity index is 378. The van der Waals surface area contributed by atoms with Crippen molar-refractivity contribution in [3.05, 3.63) is 18.7 Å². The number of ether oxygens (including phenoxy) is 1. The topological polar surface area (TPSA) is 99.2 Å². The number of nitrogens with one attached hydrogen (secondary N) is 1. The summed E-state index contributed by atoms with van der Waals surface area (Å²) in [4.78, 5) is 26.6. The maximum atomic E-state index is 11.5. The van der Waals surface area contributed by atoms with E-state index in [4.69, 9.17) is 5.73 Å². The number of esters is 1. The second-order valence-corrected chi connectivity index (χ2v) is 3.67. The fourth-order valence-corrected chi connectivity index (χ4v) is 1.34. The normalized spacial score (nSPS) is 11.9. The van der Waals surface area contributed by atoms with Gasteiger partial charge in [0.15, 0.2) is 6.04 Å². The Hall–Kier alpha value is -1.89. The Kier molecular flexibility index (Phi) is 5.86.